The molecular weight excluding hydrogens is 264 g/mol. The molecule has 0 aromatic carbocycles. The van der Waals surface area contributed by atoms with Crippen LogP contribution in [0.4, 0.5) is 4.79 Å². The minimum absolute atomic E-state index is 0.181. The first-order chi connectivity index (χ1) is 9.65. The molecule has 1 amide bonds. The first kappa shape index (κ1) is 18.3. The molecule has 4 unspecified atom stereocenters. The number of hydrogen-bond donors (Lipinski definition) is 1. The maximum Gasteiger partial charge on any atom is 0.410 e. The fourth-order valence-corrected chi connectivity index (χ4v) is 2.80. The summed E-state index contributed by atoms with van der Waals surface area (Å²) in [5.41, 5.74) is -0.429. The third-order valence-electron chi connectivity index (χ3n) is 4.59. The topological polar surface area (TPSA) is 41.6 Å². The normalized spacial score (nSPS) is 26.3. The Morgan fingerprint density at radius 2 is 2.00 bits per heavy atom. The van der Waals surface area contributed by atoms with Gasteiger partial charge in [-0.15, -0.1) is 0 Å². The molecule has 1 aliphatic heterocycles. The van der Waals surface area contributed by atoms with Crippen molar-refractivity contribution in [3.63, 3.8) is 0 Å². The van der Waals surface area contributed by atoms with E-state index in [0.29, 0.717) is 18.0 Å². The lowest BCUT2D eigenvalue weighted by Gasteiger charge is -2.41. The lowest BCUT2D eigenvalue weighted by Crippen LogP contribution is -2.57. The summed E-state index contributed by atoms with van der Waals surface area (Å²) in [4.78, 5) is 14.2. The Labute approximate surface area is 130 Å². The second kappa shape index (κ2) is 7.48. The number of nitrogens with zero attached hydrogens (tertiary/aromatic N) is 1. The molecule has 1 aliphatic rings. The minimum Gasteiger partial charge on any atom is -0.444 e. The third-order valence-corrected chi connectivity index (χ3v) is 4.59. The van der Waals surface area contributed by atoms with E-state index in [1.54, 1.807) is 0 Å². The van der Waals surface area contributed by atoms with Gasteiger partial charge in [-0.3, -0.25) is 0 Å². The van der Waals surface area contributed by atoms with Crippen LogP contribution >= 0.6 is 0 Å². The number of carbonyl (C=O) groups is 1. The molecule has 0 spiro atoms. The van der Waals surface area contributed by atoms with Gasteiger partial charge in [0.1, 0.15) is 5.60 Å². The van der Waals surface area contributed by atoms with E-state index in [4.69, 9.17) is 4.74 Å². The van der Waals surface area contributed by atoms with Crippen molar-refractivity contribution in [3.05, 3.63) is 0 Å². The van der Waals surface area contributed by atoms with E-state index in [9.17, 15) is 4.79 Å². The average Bonchev–Trinajstić information content (AvgIpc) is 2.37. The van der Waals surface area contributed by atoms with Gasteiger partial charge in [0.25, 0.3) is 0 Å². The zero-order valence-corrected chi connectivity index (χ0v) is 14.9. The van der Waals surface area contributed by atoms with Crippen LogP contribution in [0.15, 0.2) is 0 Å². The molecule has 0 aliphatic carbocycles. The van der Waals surface area contributed by atoms with Gasteiger partial charge in [-0.1, -0.05) is 20.3 Å². The van der Waals surface area contributed by atoms with Gasteiger partial charge in [0.15, 0.2) is 0 Å². The van der Waals surface area contributed by atoms with Crippen LogP contribution in [0.5, 0.6) is 0 Å². The molecule has 4 atom stereocenters. The Kier molecular flexibility index (Phi) is 6.51. The second-order valence-electron chi connectivity index (χ2n) is 7.50. The Morgan fingerprint density at radius 3 is 2.52 bits per heavy atom. The third kappa shape index (κ3) is 5.50. The predicted molar refractivity (Wildman–Crippen MR) is 87.5 cm³/mol. The lowest BCUT2D eigenvalue weighted by atomic mass is 9.94. The van der Waals surface area contributed by atoms with Crippen LogP contribution in [0.3, 0.4) is 0 Å². The standard InChI is InChI=1S/C17H34N2O2/c1-8-12(2)13(3)18-15-10-9-11-19(14(15)4)16(20)21-17(5,6)7/h12-15,18H,8-11H2,1-7H3. The van der Waals surface area contributed by atoms with Gasteiger partial charge in [-0.2, -0.15) is 0 Å². The maximum atomic E-state index is 12.3. The van der Waals surface area contributed by atoms with Gasteiger partial charge < -0.3 is 15.0 Å². The molecule has 0 saturated carbocycles. The summed E-state index contributed by atoms with van der Waals surface area (Å²) < 4.78 is 5.53. The number of nitrogens with one attached hydrogen (secondary N) is 1. The number of piperidine rings is 1. The van der Waals surface area contributed by atoms with Crippen LogP contribution in [0.25, 0.3) is 0 Å². The van der Waals surface area contributed by atoms with Gasteiger partial charge in [-0.25, -0.2) is 4.79 Å². The number of rotatable bonds is 4. The van der Waals surface area contributed by atoms with Crippen LogP contribution in [0.2, 0.25) is 0 Å². The van der Waals surface area contributed by atoms with Gasteiger partial charge in [-0.05, 0) is 53.4 Å². The van der Waals surface area contributed by atoms with Gasteiger partial charge >= 0.3 is 6.09 Å². The molecule has 1 fully saturated rings. The highest BCUT2D eigenvalue weighted by molar-refractivity contribution is 5.68. The van der Waals surface area contributed by atoms with Crippen LogP contribution in [-0.4, -0.2) is 41.3 Å². The van der Waals surface area contributed by atoms with Gasteiger partial charge in [0.05, 0.1) is 0 Å². The van der Waals surface area contributed by atoms with Crippen LogP contribution in [0, 0.1) is 5.92 Å². The Morgan fingerprint density at radius 1 is 1.38 bits per heavy atom. The van der Waals surface area contributed by atoms with Crippen molar-refractivity contribution < 1.29 is 9.53 Å². The Bertz CT molecular complexity index is 338. The fraction of sp³-hybridized carbons (Fsp3) is 0.941. The van der Waals surface area contributed by atoms with Crippen molar-refractivity contribution in [3.8, 4) is 0 Å². The molecule has 1 N–H and O–H groups in total. The molecule has 4 heteroatoms. The SMILES string of the molecule is CCC(C)C(C)NC1CCCN(C(=O)OC(C)(C)C)C1C. The van der Waals surface area contributed by atoms with E-state index in [0.717, 1.165) is 19.4 Å². The molecule has 0 bridgehead atoms. The summed E-state index contributed by atoms with van der Waals surface area (Å²) in [6, 6.07) is 1.01. The molecular formula is C17H34N2O2. The Balaban J connectivity index is 2.64. The highest BCUT2D eigenvalue weighted by atomic mass is 16.6. The number of hydrogen-bond acceptors (Lipinski definition) is 3. The minimum atomic E-state index is -0.429. The molecule has 21 heavy (non-hydrogen) atoms. The zero-order valence-electron chi connectivity index (χ0n) is 14.9. The van der Waals surface area contributed by atoms with Crippen LogP contribution < -0.4 is 5.32 Å². The monoisotopic (exact) mass is 298 g/mol. The molecule has 1 rings (SSSR count). The highest BCUT2D eigenvalue weighted by Crippen LogP contribution is 2.22. The van der Waals surface area contributed by atoms with E-state index in [1.165, 1.54) is 6.42 Å². The van der Waals surface area contributed by atoms with E-state index < -0.39 is 5.60 Å². The number of ether oxygens (including phenoxy) is 1. The molecule has 0 aromatic heterocycles. The molecule has 124 valence electrons. The summed E-state index contributed by atoms with van der Waals surface area (Å²) in [5.74, 6) is 0.647. The van der Waals surface area contributed by atoms with Crippen molar-refractivity contribution in [1.29, 1.82) is 0 Å². The molecule has 4 nitrogen and oxygen atoms in total. The van der Waals surface area contributed by atoms with E-state index in [2.05, 4.69) is 33.0 Å². The summed E-state index contributed by atoms with van der Waals surface area (Å²) in [6.45, 7) is 15.4. The zero-order chi connectivity index (χ0) is 16.2. The van der Waals surface area contributed by atoms with Crippen molar-refractivity contribution in [1.82, 2.24) is 10.2 Å². The van der Waals surface area contributed by atoms with Crippen LogP contribution in [0.1, 0.15) is 67.7 Å². The van der Waals surface area contributed by atoms with Crippen molar-refractivity contribution in [2.24, 2.45) is 5.92 Å². The van der Waals surface area contributed by atoms with E-state index in [-0.39, 0.29) is 12.1 Å². The lowest BCUT2D eigenvalue weighted by molar-refractivity contribution is 0.00600. The van der Waals surface area contributed by atoms with Crippen molar-refractivity contribution >= 4 is 6.09 Å². The smallest absolute Gasteiger partial charge is 0.410 e. The van der Waals surface area contributed by atoms with E-state index >= 15 is 0 Å². The summed E-state index contributed by atoms with van der Waals surface area (Å²) in [5, 5.41) is 3.72. The number of amides is 1. The largest absolute Gasteiger partial charge is 0.444 e. The van der Waals surface area contributed by atoms with Crippen molar-refractivity contribution in [2.45, 2.75) is 91.5 Å². The predicted octanol–water partition coefficient (Wildman–Crippen LogP) is 3.80. The number of carbonyl (C=O) groups excluding carboxylic acids is 1. The van der Waals surface area contributed by atoms with Crippen LogP contribution in [-0.2, 0) is 4.74 Å². The summed E-state index contributed by atoms with van der Waals surface area (Å²) in [6.07, 6.45) is 3.15. The average molecular weight is 298 g/mol. The molecule has 0 aromatic rings. The molecule has 1 heterocycles. The first-order valence-electron chi connectivity index (χ1n) is 8.41. The Hall–Kier alpha value is -0.770. The number of likely N-dealkylation sites (tertiary alicyclic amines) is 1. The van der Waals surface area contributed by atoms with Crippen molar-refractivity contribution in [2.75, 3.05) is 6.54 Å². The second-order valence-corrected chi connectivity index (χ2v) is 7.50. The quantitative estimate of drug-likeness (QED) is 0.858. The summed E-state index contributed by atoms with van der Waals surface area (Å²) in [7, 11) is 0. The molecule has 1 saturated heterocycles. The fourth-order valence-electron chi connectivity index (χ4n) is 2.80. The van der Waals surface area contributed by atoms with E-state index in [1.807, 2.05) is 25.7 Å². The maximum absolute atomic E-state index is 12.3. The summed E-state index contributed by atoms with van der Waals surface area (Å²) >= 11 is 0. The van der Waals surface area contributed by atoms with Gasteiger partial charge in [0.2, 0.25) is 0 Å². The van der Waals surface area contributed by atoms with Gasteiger partial charge in [0, 0.05) is 24.7 Å². The highest BCUT2D eigenvalue weighted by Gasteiger charge is 2.34. The first-order valence-corrected chi connectivity index (χ1v) is 8.41. The molecule has 0 radical (unpaired) electrons.